The van der Waals surface area contributed by atoms with Gasteiger partial charge in [-0.1, -0.05) is 29.8 Å². The van der Waals surface area contributed by atoms with Crippen molar-refractivity contribution in [3.63, 3.8) is 0 Å². The Morgan fingerprint density at radius 3 is 2.71 bits per heavy atom. The first-order valence-electron chi connectivity index (χ1n) is 6.72. The van der Waals surface area contributed by atoms with E-state index in [-0.39, 0.29) is 6.04 Å². The summed E-state index contributed by atoms with van der Waals surface area (Å²) in [6, 6.07) is 15.5. The van der Waals surface area contributed by atoms with Crippen molar-refractivity contribution in [2.75, 3.05) is 14.2 Å². The third kappa shape index (κ3) is 2.62. The number of furan rings is 1. The first-order valence-corrected chi connectivity index (χ1v) is 7.10. The molecule has 108 valence electrons. The predicted molar refractivity (Wildman–Crippen MR) is 85.1 cm³/mol. The quantitative estimate of drug-likeness (QED) is 0.775. The molecule has 1 atom stereocenters. The van der Waals surface area contributed by atoms with Crippen LogP contribution in [0.5, 0.6) is 5.75 Å². The van der Waals surface area contributed by atoms with Gasteiger partial charge in [-0.3, -0.25) is 0 Å². The second-order valence-electron chi connectivity index (χ2n) is 4.79. The summed E-state index contributed by atoms with van der Waals surface area (Å²) >= 11 is 6.03. The Labute approximate surface area is 128 Å². The van der Waals surface area contributed by atoms with Gasteiger partial charge in [-0.15, -0.1) is 0 Å². The molecule has 0 aliphatic rings. The van der Waals surface area contributed by atoms with Crippen LogP contribution in [0, 0.1) is 0 Å². The van der Waals surface area contributed by atoms with Crippen LogP contribution in [0.2, 0.25) is 5.02 Å². The SMILES string of the molecule is CNC(c1cc2cc(Cl)ccc2o1)c1ccccc1OC. The molecule has 0 amide bonds. The maximum absolute atomic E-state index is 6.03. The van der Waals surface area contributed by atoms with Gasteiger partial charge in [0.25, 0.3) is 0 Å². The fraction of sp³-hybridized carbons (Fsp3) is 0.176. The smallest absolute Gasteiger partial charge is 0.134 e. The summed E-state index contributed by atoms with van der Waals surface area (Å²) in [4.78, 5) is 0. The molecule has 21 heavy (non-hydrogen) atoms. The number of halogens is 1. The maximum atomic E-state index is 6.03. The average molecular weight is 302 g/mol. The molecule has 3 aromatic rings. The first kappa shape index (κ1) is 14.0. The molecule has 0 bridgehead atoms. The summed E-state index contributed by atoms with van der Waals surface area (Å²) in [7, 11) is 3.57. The highest BCUT2D eigenvalue weighted by molar-refractivity contribution is 6.31. The number of methoxy groups -OCH3 is 1. The van der Waals surface area contributed by atoms with Crippen LogP contribution in [0.25, 0.3) is 11.0 Å². The summed E-state index contributed by atoms with van der Waals surface area (Å²) in [5.74, 6) is 1.66. The fourth-order valence-corrected chi connectivity index (χ4v) is 2.71. The highest BCUT2D eigenvalue weighted by Crippen LogP contribution is 2.33. The number of para-hydroxylation sites is 1. The van der Waals surface area contributed by atoms with Crippen molar-refractivity contribution < 1.29 is 9.15 Å². The molecular weight excluding hydrogens is 286 g/mol. The van der Waals surface area contributed by atoms with E-state index in [1.807, 2.05) is 55.6 Å². The van der Waals surface area contributed by atoms with Crippen LogP contribution in [0.1, 0.15) is 17.4 Å². The molecule has 0 radical (unpaired) electrons. The van der Waals surface area contributed by atoms with E-state index in [4.69, 9.17) is 20.8 Å². The molecule has 0 aliphatic heterocycles. The second-order valence-corrected chi connectivity index (χ2v) is 5.23. The Kier molecular flexibility index (Phi) is 3.86. The topological polar surface area (TPSA) is 34.4 Å². The first-order chi connectivity index (χ1) is 10.2. The fourth-order valence-electron chi connectivity index (χ4n) is 2.53. The average Bonchev–Trinajstić information content (AvgIpc) is 2.91. The maximum Gasteiger partial charge on any atom is 0.134 e. The third-order valence-corrected chi connectivity index (χ3v) is 3.76. The van der Waals surface area contributed by atoms with Crippen LogP contribution in [0.15, 0.2) is 52.9 Å². The van der Waals surface area contributed by atoms with Crippen molar-refractivity contribution in [3.05, 3.63) is 64.9 Å². The van der Waals surface area contributed by atoms with E-state index in [2.05, 4.69) is 5.32 Å². The zero-order chi connectivity index (χ0) is 14.8. The summed E-state index contributed by atoms with van der Waals surface area (Å²) in [6.45, 7) is 0. The number of fused-ring (bicyclic) bond motifs is 1. The lowest BCUT2D eigenvalue weighted by molar-refractivity contribution is 0.399. The summed E-state index contributed by atoms with van der Waals surface area (Å²) < 4.78 is 11.4. The van der Waals surface area contributed by atoms with Crippen molar-refractivity contribution in [1.82, 2.24) is 5.32 Å². The van der Waals surface area contributed by atoms with Crippen LogP contribution in [0.3, 0.4) is 0 Å². The standard InChI is InChI=1S/C17H16ClNO2/c1-19-17(13-5-3-4-6-15(13)20-2)16-10-11-9-12(18)7-8-14(11)21-16/h3-10,17,19H,1-2H3. The van der Waals surface area contributed by atoms with Crippen LogP contribution in [-0.4, -0.2) is 14.2 Å². The molecule has 1 unspecified atom stereocenters. The highest BCUT2D eigenvalue weighted by Gasteiger charge is 2.20. The van der Waals surface area contributed by atoms with Gasteiger partial charge in [0, 0.05) is 16.0 Å². The minimum Gasteiger partial charge on any atom is -0.496 e. The number of nitrogens with one attached hydrogen (secondary N) is 1. The van der Waals surface area contributed by atoms with E-state index in [1.165, 1.54) is 0 Å². The van der Waals surface area contributed by atoms with Gasteiger partial charge in [-0.25, -0.2) is 0 Å². The lowest BCUT2D eigenvalue weighted by Crippen LogP contribution is -2.17. The molecule has 0 saturated carbocycles. The Morgan fingerprint density at radius 2 is 1.95 bits per heavy atom. The van der Waals surface area contributed by atoms with Crippen molar-refractivity contribution in [3.8, 4) is 5.75 Å². The van der Waals surface area contributed by atoms with E-state index in [0.717, 1.165) is 28.0 Å². The van der Waals surface area contributed by atoms with Crippen molar-refractivity contribution >= 4 is 22.6 Å². The Hall–Kier alpha value is -1.97. The zero-order valence-electron chi connectivity index (χ0n) is 11.9. The van der Waals surface area contributed by atoms with Gasteiger partial charge in [-0.05, 0) is 37.4 Å². The van der Waals surface area contributed by atoms with E-state index in [0.29, 0.717) is 5.02 Å². The number of hydrogen-bond donors (Lipinski definition) is 1. The Morgan fingerprint density at radius 1 is 1.14 bits per heavy atom. The van der Waals surface area contributed by atoms with Crippen LogP contribution in [0.4, 0.5) is 0 Å². The molecule has 3 nitrogen and oxygen atoms in total. The minimum atomic E-state index is -0.0766. The van der Waals surface area contributed by atoms with Crippen molar-refractivity contribution in [2.45, 2.75) is 6.04 Å². The number of hydrogen-bond acceptors (Lipinski definition) is 3. The highest BCUT2D eigenvalue weighted by atomic mass is 35.5. The Balaban J connectivity index is 2.09. The number of benzene rings is 2. The summed E-state index contributed by atoms with van der Waals surface area (Å²) in [5, 5.41) is 4.97. The van der Waals surface area contributed by atoms with Gasteiger partial charge >= 0.3 is 0 Å². The molecule has 0 fully saturated rings. The normalized spacial score (nSPS) is 12.5. The molecule has 2 aromatic carbocycles. The molecule has 4 heteroatoms. The largest absolute Gasteiger partial charge is 0.496 e. The second kappa shape index (κ2) is 5.80. The van der Waals surface area contributed by atoms with E-state index < -0.39 is 0 Å². The van der Waals surface area contributed by atoms with Gasteiger partial charge in [0.15, 0.2) is 0 Å². The van der Waals surface area contributed by atoms with E-state index in [1.54, 1.807) is 7.11 Å². The summed E-state index contributed by atoms with van der Waals surface area (Å²) in [6.07, 6.45) is 0. The molecule has 1 aromatic heterocycles. The molecule has 0 spiro atoms. The number of ether oxygens (including phenoxy) is 1. The third-order valence-electron chi connectivity index (χ3n) is 3.52. The molecule has 1 heterocycles. The van der Waals surface area contributed by atoms with Gasteiger partial charge in [-0.2, -0.15) is 0 Å². The van der Waals surface area contributed by atoms with Gasteiger partial charge in [0.2, 0.25) is 0 Å². The Bertz CT molecular complexity index is 766. The van der Waals surface area contributed by atoms with Gasteiger partial charge in [0.1, 0.15) is 17.1 Å². The lowest BCUT2D eigenvalue weighted by Gasteiger charge is -2.17. The molecule has 3 rings (SSSR count). The van der Waals surface area contributed by atoms with Crippen LogP contribution < -0.4 is 10.1 Å². The van der Waals surface area contributed by atoms with Gasteiger partial charge < -0.3 is 14.5 Å². The molecule has 0 saturated heterocycles. The summed E-state index contributed by atoms with van der Waals surface area (Å²) in [5.41, 5.74) is 1.86. The predicted octanol–water partition coefficient (Wildman–Crippen LogP) is 4.40. The lowest BCUT2D eigenvalue weighted by atomic mass is 10.0. The van der Waals surface area contributed by atoms with Crippen molar-refractivity contribution in [2.24, 2.45) is 0 Å². The zero-order valence-corrected chi connectivity index (χ0v) is 12.6. The van der Waals surface area contributed by atoms with Gasteiger partial charge in [0.05, 0.1) is 13.2 Å². The number of rotatable bonds is 4. The molecule has 1 N–H and O–H groups in total. The molecule has 0 aliphatic carbocycles. The van der Waals surface area contributed by atoms with Crippen molar-refractivity contribution in [1.29, 1.82) is 0 Å². The van der Waals surface area contributed by atoms with Crippen LogP contribution in [-0.2, 0) is 0 Å². The van der Waals surface area contributed by atoms with E-state index >= 15 is 0 Å². The molecular formula is C17H16ClNO2. The monoisotopic (exact) mass is 301 g/mol. The minimum absolute atomic E-state index is 0.0766. The van der Waals surface area contributed by atoms with Crippen LogP contribution >= 0.6 is 11.6 Å². The van der Waals surface area contributed by atoms with E-state index in [9.17, 15) is 0 Å².